The fraction of sp³-hybridized carbons (Fsp3) is 0.483. The minimum atomic E-state index is -2.89. The number of methoxy groups -OCH3 is 1. The zero-order valence-corrected chi connectivity index (χ0v) is 23.3. The van der Waals surface area contributed by atoms with Crippen molar-refractivity contribution in [2.75, 3.05) is 13.7 Å². The zero-order valence-electron chi connectivity index (χ0n) is 22.3. The Morgan fingerprint density at radius 1 is 0.919 bits per heavy atom. The molecule has 3 aliphatic rings. The second-order valence-corrected chi connectivity index (χ2v) is 15.6. The van der Waals surface area contributed by atoms with Crippen LogP contribution >= 0.6 is 0 Å². The van der Waals surface area contributed by atoms with E-state index in [2.05, 4.69) is 45.0 Å². The highest BCUT2D eigenvalue weighted by molar-refractivity contribution is 6.99. The number of benzene rings is 2. The average molecular weight is 525 g/mol. The molecule has 37 heavy (non-hydrogen) atoms. The summed E-state index contributed by atoms with van der Waals surface area (Å²) in [4.78, 5) is 13.6. The zero-order chi connectivity index (χ0) is 26.5. The van der Waals surface area contributed by atoms with E-state index in [1.165, 1.54) is 13.2 Å². The first-order valence-corrected chi connectivity index (χ1v) is 14.6. The Morgan fingerprint density at radius 3 is 2.05 bits per heavy atom. The molecule has 0 amide bonds. The maximum absolute atomic E-state index is 13.6. The SMILES string of the molecule is CO[C@@H]1C=CC(=O)[C@@]2(O1)[C@@H]1OC(C)(C)O[C@@H]1O[C@@H]2CO[Si](c1ccccc1)(c1ccccc1)C(C)(C)C. The molecule has 1 spiro atoms. The molecule has 0 bridgehead atoms. The van der Waals surface area contributed by atoms with Crippen molar-refractivity contribution in [3.8, 4) is 0 Å². The molecule has 5 atom stereocenters. The van der Waals surface area contributed by atoms with E-state index < -0.39 is 44.5 Å². The summed E-state index contributed by atoms with van der Waals surface area (Å²) in [6.45, 7) is 10.3. The van der Waals surface area contributed by atoms with Crippen LogP contribution in [0.5, 0.6) is 0 Å². The van der Waals surface area contributed by atoms with Crippen LogP contribution in [-0.4, -0.2) is 64.0 Å². The summed E-state index contributed by atoms with van der Waals surface area (Å²) in [5, 5.41) is 2.04. The Labute approximate surface area is 219 Å². The third-order valence-electron chi connectivity index (χ3n) is 7.46. The van der Waals surface area contributed by atoms with Gasteiger partial charge in [0, 0.05) is 7.11 Å². The van der Waals surface area contributed by atoms with Gasteiger partial charge in [-0.1, -0.05) is 81.4 Å². The lowest BCUT2D eigenvalue weighted by Gasteiger charge is -2.45. The predicted octanol–water partition coefficient (Wildman–Crippen LogP) is 3.31. The molecule has 0 aliphatic carbocycles. The summed E-state index contributed by atoms with van der Waals surface area (Å²) < 4.78 is 37.5. The van der Waals surface area contributed by atoms with Gasteiger partial charge in [-0.25, -0.2) is 0 Å². The Bertz CT molecular complexity index is 1100. The molecule has 8 heteroatoms. The summed E-state index contributed by atoms with van der Waals surface area (Å²) in [5.74, 6) is -1.16. The highest BCUT2D eigenvalue weighted by Crippen LogP contribution is 2.48. The van der Waals surface area contributed by atoms with E-state index in [-0.39, 0.29) is 17.4 Å². The maximum atomic E-state index is 13.6. The van der Waals surface area contributed by atoms with E-state index >= 15 is 0 Å². The maximum Gasteiger partial charge on any atom is 0.261 e. The Morgan fingerprint density at radius 2 is 1.51 bits per heavy atom. The van der Waals surface area contributed by atoms with Gasteiger partial charge in [0.05, 0.1) is 6.61 Å². The molecular formula is C29H36O7Si. The van der Waals surface area contributed by atoms with Crippen LogP contribution in [0.2, 0.25) is 5.04 Å². The fourth-order valence-electron chi connectivity index (χ4n) is 5.85. The van der Waals surface area contributed by atoms with Gasteiger partial charge in [0.25, 0.3) is 8.32 Å². The number of carbonyl (C=O) groups excluding carboxylic acids is 1. The molecule has 2 fully saturated rings. The van der Waals surface area contributed by atoms with Gasteiger partial charge in [-0.2, -0.15) is 0 Å². The summed E-state index contributed by atoms with van der Waals surface area (Å²) in [7, 11) is -1.35. The van der Waals surface area contributed by atoms with Crippen LogP contribution < -0.4 is 10.4 Å². The second kappa shape index (κ2) is 9.54. The molecule has 0 unspecified atom stereocenters. The van der Waals surface area contributed by atoms with Gasteiger partial charge in [-0.3, -0.25) is 4.79 Å². The predicted molar refractivity (Wildman–Crippen MR) is 141 cm³/mol. The van der Waals surface area contributed by atoms with Crippen molar-refractivity contribution in [3.63, 3.8) is 0 Å². The Hall–Kier alpha value is -2.17. The van der Waals surface area contributed by atoms with Crippen LogP contribution in [0.25, 0.3) is 0 Å². The normalized spacial score (nSPS) is 31.1. The van der Waals surface area contributed by atoms with Gasteiger partial charge in [0.1, 0.15) is 6.10 Å². The van der Waals surface area contributed by atoms with Crippen molar-refractivity contribution in [3.05, 3.63) is 72.8 Å². The Kier molecular flexibility index (Phi) is 6.81. The van der Waals surface area contributed by atoms with Gasteiger partial charge in [0.2, 0.25) is 0 Å². The van der Waals surface area contributed by atoms with Gasteiger partial charge >= 0.3 is 0 Å². The molecule has 0 saturated carbocycles. The summed E-state index contributed by atoms with van der Waals surface area (Å²) in [5.41, 5.74) is -1.46. The van der Waals surface area contributed by atoms with E-state index in [1.54, 1.807) is 19.9 Å². The first-order chi connectivity index (χ1) is 17.5. The molecule has 0 aromatic heterocycles. The van der Waals surface area contributed by atoms with Crippen LogP contribution in [0.3, 0.4) is 0 Å². The quantitative estimate of drug-likeness (QED) is 0.537. The molecule has 5 rings (SSSR count). The number of fused-ring (bicyclic) bond motifs is 2. The molecule has 2 aromatic carbocycles. The van der Waals surface area contributed by atoms with Crippen LogP contribution in [-0.2, 0) is 32.9 Å². The van der Waals surface area contributed by atoms with Crippen molar-refractivity contribution in [1.29, 1.82) is 0 Å². The second-order valence-electron chi connectivity index (χ2n) is 11.3. The number of ether oxygens (including phenoxy) is 5. The van der Waals surface area contributed by atoms with Crippen LogP contribution in [0.4, 0.5) is 0 Å². The van der Waals surface area contributed by atoms with Crippen molar-refractivity contribution in [2.24, 2.45) is 0 Å². The molecule has 2 aromatic rings. The highest BCUT2D eigenvalue weighted by Gasteiger charge is 2.69. The number of hydrogen-bond donors (Lipinski definition) is 0. The number of carbonyl (C=O) groups is 1. The van der Waals surface area contributed by atoms with E-state index in [0.717, 1.165) is 10.4 Å². The Balaban J connectivity index is 1.57. The molecule has 2 saturated heterocycles. The van der Waals surface area contributed by atoms with Gasteiger partial charge in [0.15, 0.2) is 35.9 Å². The number of ketones is 1. The van der Waals surface area contributed by atoms with Crippen LogP contribution in [0, 0.1) is 0 Å². The van der Waals surface area contributed by atoms with Crippen molar-refractivity contribution in [2.45, 2.75) is 75.8 Å². The first-order valence-electron chi connectivity index (χ1n) is 12.7. The lowest BCUT2D eigenvalue weighted by molar-refractivity contribution is -0.259. The molecule has 0 radical (unpaired) electrons. The van der Waals surface area contributed by atoms with Crippen LogP contribution in [0.1, 0.15) is 34.6 Å². The lowest BCUT2D eigenvalue weighted by atomic mass is 9.86. The standard InChI is InChI=1S/C29H36O7Si/c1-27(2,3)37(20-13-9-7-10-14-20,21-15-11-8-12-16-21)32-19-23-29(22(30)17-18-24(31-6)34-29)25-26(33-23)36-28(4,5)35-25/h7-18,23-26H,19H2,1-6H3/t23-,24+,25-,26+,29+/m1/s1. The molecule has 0 N–H and O–H groups in total. The number of hydrogen-bond acceptors (Lipinski definition) is 7. The molecule has 3 aliphatic heterocycles. The molecule has 3 heterocycles. The summed E-state index contributed by atoms with van der Waals surface area (Å²) in [6.07, 6.45) is 0.0784. The highest BCUT2D eigenvalue weighted by atomic mass is 28.4. The monoisotopic (exact) mass is 524 g/mol. The smallest absolute Gasteiger partial charge is 0.261 e. The number of rotatable bonds is 6. The van der Waals surface area contributed by atoms with Crippen molar-refractivity contribution in [1.82, 2.24) is 0 Å². The fourth-order valence-corrected chi connectivity index (χ4v) is 10.4. The summed E-state index contributed by atoms with van der Waals surface area (Å²) in [6, 6.07) is 20.7. The minimum Gasteiger partial charge on any atom is -0.405 e. The van der Waals surface area contributed by atoms with E-state index in [0.29, 0.717) is 0 Å². The van der Waals surface area contributed by atoms with Crippen molar-refractivity contribution < 1.29 is 32.9 Å². The van der Waals surface area contributed by atoms with E-state index in [1.807, 2.05) is 36.4 Å². The topological polar surface area (TPSA) is 72.5 Å². The van der Waals surface area contributed by atoms with Gasteiger partial charge in [-0.15, -0.1) is 0 Å². The largest absolute Gasteiger partial charge is 0.405 e. The van der Waals surface area contributed by atoms with Crippen LogP contribution in [0.15, 0.2) is 72.8 Å². The van der Waals surface area contributed by atoms with Gasteiger partial charge in [-0.05, 0) is 41.4 Å². The first kappa shape index (κ1) is 26.4. The lowest BCUT2D eigenvalue weighted by Crippen LogP contribution is -2.68. The molecular weight excluding hydrogens is 488 g/mol. The third-order valence-corrected chi connectivity index (χ3v) is 12.5. The molecule has 7 nitrogen and oxygen atoms in total. The summed E-state index contributed by atoms with van der Waals surface area (Å²) >= 11 is 0. The van der Waals surface area contributed by atoms with Crippen molar-refractivity contribution >= 4 is 24.5 Å². The van der Waals surface area contributed by atoms with E-state index in [9.17, 15) is 4.79 Å². The van der Waals surface area contributed by atoms with Gasteiger partial charge < -0.3 is 28.1 Å². The average Bonchev–Trinajstić information content (AvgIpc) is 3.32. The molecule has 198 valence electrons. The minimum absolute atomic E-state index is 0.115. The van der Waals surface area contributed by atoms with E-state index in [4.69, 9.17) is 28.1 Å². The third kappa shape index (κ3) is 4.34.